The highest BCUT2D eigenvalue weighted by Gasteiger charge is 2.28. The lowest BCUT2D eigenvalue weighted by Crippen LogP contribution is -2.36. The van der Waals surface area contributed by atoms with Gasteiger partial charge < -0.3 is 10.2 Å². The highest BCUT2D eigenvalue weighted by atomic mass is 35.5. The average molecular weight is 426 g/mol. The lowest BCUT2D eigenvalue weighted by atomic mass is 10.1. The van der Waals surface area contributed by atoms with Crippen molar-refractivity contribution in [3.8, 4) is 0 Å². The van der Waals surface area contributed by atoms with Crippen molar-refractivity contribution in [3.63, 3.8) is 0 Å². The number of anilines is 1. The van der Waals surface area contributed by atoms with E-state index in [1.54, 1.807) is 7.05 Å². The molecule has 2 amide bonds. The number of halogens is 2. The van der Waals surface area contributed by atoms with Crippen LogP contribution in [0.25, 0.3) is 0 Å². The summed E-state index contributed by atoms with van der Waals surface area (Å²) in [5.41, 5.74) is 0.196. The monoisotopic (exact) mass is 425 g/mol. The maximum Gasteiger partial charge on any atom is 0.261 e. The van der Waals surface area contributed by atoms with Crippen molar-refractivity contribution < 1.29 is 22.4 Å². The van der Waals surface area contributed by atoms with E-state index in [1.165, 1.54) is 23.1 Å². The van der Waals surface area contributed by atoms with E-state index in [-0.39, 0.29) is 39.5 Å². The fraction of sp³-hybridized carbons (Fsp3) is 0.222. The van der Waals surface area contributed by atoms with Crippen molar-refractivity contribution in [2.45, 2.75) is 17.4 Å². The standard InChI is InChI=1S/C18H17ClFN3O4S/c1-23-10-13(9-17(23)24)21-18(25)11-2-7-15(19)16(8-11)22-28(26,27)14-5-3-12(20)4-6-14/h2-8,13,22H,9-10H2,1H3,(H,21,25)/t13-/m0/s1. The molecule has 0 bridgehead atoms. The molecule has 0 saturated carbocycles. The Morgan fingerprint density at radius 2 is 1.89 bits per heavy atom. The Hall–Kier alpha value is -2.65. The lowest BCUT2D eigenvalue weighted by molar-refractivity contribution is -0.126. The lowest BCUT2D eigenvalue weighted by Gasteiger charge is -2.14. The molecule has 2 N–H and O–H groups in total. The second-order valence-corrected chi connectivity index (χ2v) is 8.49. The van der Waals surface area contributed by atoms with Gasteiger partial charge in [-0.05, 0) is 42.5 Å². The van der Waals surface area contributed by atoms with Crippen LogP contribution in [-0.2, 0) is 14.8 Å². The van der Waals surface area contributed by atoms with Crippen LogP contribution in [0.2, 0.25) is 5.02 Å². The van der Waals surface area contributed by atoms with Gasteiger partial charge in [-0.2, -0.15) is 0 Å². The zero-order valence-corrected chi connectivity index (χ0v) is 16.3. The maximum absolute atomic E-state index is 13.0. The van der Waals surface area contributed by atoms with Crippen LogP contribution in [0.1, 0.15) is 16.8 Å². The number of amides is 2. The maximum atomic E-state index is 13.0. The number of sulfonamides is 1. The van der Waals surface area contributed by atoms with Crippen LogP contribution in [0, 0.1) is 5.82 Å². The Bertz CT molecular complexity index is 1030. The molecule has 2 aromatic rings. The fourth-order valence-electron chi connectivity index (χ4n) is 2.79. The van der Waals surface area contributed by atoms with Crippen LogP contribution >= 0.6 is 11.6 Å². The Morgan fingerprint density at radius 3 is 2.50 bits per heavy atom. The summed E-state index contributed by atoms with van der Waals surface area (Å²) >= 11 is 6.06. The summed E-state index contributed by atoms with van der Waals surface area (Å²) in [4.78, 5) is 25.4. The molecule has 0 aromatic heterocycles. The fourth-order valence-corrected chi connectivity index (χ4v) is 4.08. The van der Waals surface area contributed by atoms with Crippen LogP contribution in [0.15, 0.2) is 47.4 Å². The van der Waals surface area contributed by atoms with Crippen LogP contribution in [0.3, 0.4) is 0 Å². The highest BCUT2D eigenvalue weighted by Crippen LogP contribution is 2.26. The Kier molecular flexibility index (Phi) is 5.57. The highest BCUT2D eigenvalue weighted by molar-refractivity contribution is 7.92. The number of benzene rings is 2. The molecule has 1 saturated heterocycles. The molecule has 0 aliphatic carbocycles. The van der Waals surface area contributed by atoms with Crippen molar-refractivity contribution in [1.82, 2.24) is 10.2 Å². The molecule has 3 rings (SSSR count). The first-order valence-electron chi connectivity index (χ1n) is 8.28. The largest absolute Gasteiger partial charge is 0.347 e. The number of carbonyl (C=O) groups is 2. The van der Waals surface area contributed by atoms with Gasteiger partial charge in [-0.25, -0.2) is 12.8 Å². The van der Waals surface area contributed by atoms with Crippen LogP contribution < -0.4 is 10.0 Å². The number of nitrogens with zero attached hydrogens (tertiary/aromatic N) is 1. The SMILES string of the molecule is CN1C[C@@H](NC(=O)c2ccc(Cl)c(NS(=O)(=O)c3ccc(F)cc3)c2)CC1=O. The van der Waals surface area contributed by atoms with Crippen LogP contribution in [-0.4, -0.2) is 44.8 Å². The normalized spacial score (nSPS) is 16.9. The number of carbonyl (C=O) groups excluding carboxylic acids is 2. The summed E-state index contributed by atoms with van der Waals surface area (Å²) in [5, 5.41) is 2.84. The summed E-state index contributed by atoms with van der Waals surface area (Å²) in [6.45, 7) is 0.405. The molecule has 1 heterocycles. The van der Waals surface area contributed by atoms with Gasteiger partial charge in [0.1, 0.15) is 5.82 Å². The van der Waals surface area contributed by atoms with Gasteiger partial charge in [0.15, 0.2) is 0 Å². The Morgan fingerprint density at radius 1 is 1.21 bits per heavy atom. The van der Waals surface area contributed by atoms with E-state index < -0.39 is 21.7 Å². The van der Waals surface area contributed by atoms with E-state index >= 15 is 0 Å². The average Bonchev–Trinajstić information content (AvgIpc) is 2.94. The summed E-state index contributed by atoms with van der Waals surface area (Å²) in [6, 6.07) is 8.13. The predicted octanol–water partition coefficient (Wildman–Crippen LogP) is 2.24. The third kappa shape index (κ3) is 4.42. The molecule has 0 spiro atoms. The van der Waals surface area contributed by atoms with Gasteiger partial charge in [0.2, 0.25) is 5.91 Å². The molecular weight excluding hydrogens is 409 g/mol. The van der Waals surface area contributed by atoms with E-state index in [2.05, 4.69) is 10.0 Å². The minimum Gasteiger partial charge on any atom is -0.347 e. The molecule has 7 nitrogen and oxygen atoms in total. The van der Waals surface area contributed by atoms with Crippen molar-refractivity contribution in [2.75, 3.05) is 18.3 Å². The smallest absolute Gasteiger partial charge is 0.261 e. The summed E-state index contributed by atoms with van der Waals surface area (Å²) in [6.07, 6.45) is 0.208. The van der Waals surface area contributed by atoms with E-state index in [0.717, 1.165) is 24.3 Å². The third-order valence-corrected chi connectivity index (χ3v) is 5.98. The van der Waals surface area contributed by atoms with Crippen molar-refractivity contribution in [1.29, 1.82) is 0 Å². The van der Waals surface area contributed by atoms with Crippen molar-refractivity contribution >= 4 is 39.1 Å². The summed E-state index contributed by atoms with van der Waals surface area (Å²) in [5.74, 6) is -1.08. The Balaban J connectivity index is 1.78. The quantitative estimate of drug-likeness (QED) is 0.768. The van der Waals surface area contributed by atoms with E-state index in [9.17, 15) is 22.4 Å². The molecule has 1 fully saturated rings. The van der Waals surface area contributed by atoms with Gasteiger partial charge >= 0.3 is 0 Å². The van der Waals surface area contributed by atoms with Gasteiger partial charge in [0, 0.05) is 25.6 Å². The first-order valence-corrected chi connectivity index (χ1v) is 10.1. The van der Waals surface area contributed by atoms with Gasteiger partial charge in [0.05, 0.1) is 21.6 Å². The third-order valence-electron chi connectivity index (χ3n) is 4.27. The summed E-state index contributed by atoms with van der Waals surface area (Å²) in [7, 11) is -2.36. The molecule has 2 aromatic carbocycles. The molecule has 0 unspecified atom stereocenters. The number of rotatable bonds is 5. The summed E-state index contributed by atoms with van der Waals surface area (Å²) < 4.78 is 40.2. The second-order valence-electron chi connectivity index (χ2n) is 6.40. The zero-order chi connectivity index (χ0) is 20.5. The van der Waals surface area contributed by atoms with Gasteiger partial charge in [0.25, 0.3) is 15.9 Å². The number of likely N-dealkylation sites (N-methyl/N-ethyl adjacent to an activating group) is 1. The van der Waals surface area contributed by atoms with Crippen LogP contribution in [0.5, 0.6) is 0 Å². The molecule has 148 valence electrons. The Labute approximate surface area is 166 Å². The van der Waals surface area contributed by atoms with E-state index in [1.807, 2.05) is 0 Å². The van der Waals surface area contributed by atoms with Gasteiger partial charge in [-0.15, -0.1) is 0 Å². The topological polar surface area (TPSA) is 95.6 Å². The first-order chi connectivity index (χ1) is 13.2. The molecule has 1 aliphatic rings. The number of nitrogens with one attached hydrogen (secondary N) is 2. The zero-order valence-electron chi connectivity index (χ0n) is 14.8. The molecule has 0 radical (unpaired) electrons. The van der Waals surface area contributed by atoms with Crippen molar-refractivity contribution in [2.24, 2.45) is 0 Å². The molecular formula is C18H17ClFN3O4S. The molecule has 10 heteroatoms. The molecule has 1 aliphatic heterocycles. The number of likely N-dealkylation sites (tertiary alicyclic amines) is 1. The minimum atomic E-state index is -4.02. The van der Waals surface area contributed by atoms with Gasteiger partial charge in [-0.3, -0.25) is 14.3 Å². The first kappa shape index (κ1) is 20.1. The number of hydrogen-bond donors (Lipinski definition) is 2. The second kappa shape index (κ2) is 7.76. The minimum absolute atomic E-state index is 0.0123. The molecule has 1 atom stereocenters. The van der Waals surface area contributed by atoms with Crippen LogP contribution in [0.4, 0.5) is 10.1 Å². The van der Waals surface area contributed by atoms with E-state index in [0.29, 0.717) is 6.54 Å². The number of hydrogen-bond acceptors (Lipinski definition) is 4. The molecule has 28 heavy (non-hydrogen) atoms. The van der Waals surface area contributed by atoms with Gasteiger partial charge in [-0.1, -0.05) is 11.6 Å². The predicted molar refractivity (Wildman–Crippen MR) is 102 cm³/mol. The van der Waals surface area contributed by atoms with Crippen molar-refractivity contribution in [3.05, 3.63) is 58.9 Å². The van der Waals surface area contributed by atoms with E-state index in [4.69, 9.17) is 11.6 Å².